The number of hydrogen-bond donors (Lipinski definition) is 1. The zero-order valence-electron chi connectivity index (χ0n) is 19.8. The topological polar surface area (TPSA) is 108 Å². The normalized spacial score (nSPS) is 17.9. The molecule has 2 fully saturated rings. The summed E-state index contributed by atoms with van der Waals surface area (Å²) in [7, 11) is 1.79. The number of cyclic esters (lactones) is 1. The highest BCUT2D eigenvalue weighted by molar-refractivity contribution is 7.18. The van der Waals surface area contributed by atoms with Crippen molar-refractivity contribution in [2.75, 3.05) is 56.2 Å². The fourth-order valence-corrected chi connectivity index (χ4v) is 5.04. The molecule has 0 saturated carbocycles. The molecule has 1 aromatic carbocycles. The number of benzene rings is 1. The third kappa shape index (κ3) is 6.04. The van der Waals surface area contributed by atoms with Gasteiger partial charge in [-0.2, -0.15) is 0 Å². The van der Waals surface area contributed by atoms with Crippen molar-refractivity contribution in [3.8, 4) is 0 Å². The van der Waals surface area contributed by atoms with Crippen molar-refractivity contribution in [3.63, 3.8) is 0 Å². The van der Waals surface area contributed by atoms with Gasteiger partial charge < -0.3 is 19.7 Å². The highest BCUT2D eigenvalue weighted by Gasteiger charge is 2.36. The van der Waals surface area contributed by atoms with E-state index in [0.29, 0.717) is 41.0 Å². The van der Waals surface area contributed by atoms with Gasteiger partial charge in [0.2, 0.25) is 5.91 Å². The Morgan fingerprint density at radius 2 is 1.86 bits per heavy atom. The first-order chi connectivity index (χ1) is 17.4. The Kier molecular flexibility index (Phi) is 8.57. The average molecular weight is 535 g/mol. The van der Waals surface area contributed by atoms with Crippen molar-refractivity contribution < 1.29 is 28.7 Å². The number of carbonyl (C=O) groups is 4. The molecule has 0 aliphatic carbocycles. The van der Waals surface area contributed by atoms with Crippen LogP contribution in [0.3, 0.4) is 0 Å². The lowest BCUT2D eigenvalue weighted by atomic mass is 10.2. The number of rotatable bonds is 9. The van der Waals surface area contributed by atoms with Crippen LogP contribution in [0.15, 0.2) is 36.4 Å². The van der Waals surface area contributed by atoms with Gasteiger partial charge in [-0.25, -0.2) is 4.79 Å². The first kappa shape index (κ1) is 26.1. The van der Waals surface area contributed by atoms with Gasteiger partial charge in [0.1, 0.15) is 12.7 Å². The van der Waals surface area contributed by atoms with E-state index in [9.17, 15) is 19.2 Å². The van der Waals surface area contributed by atoms with Gasteiger partial charge in [-0.3, -0.25) is 24.2 Å². The molecule has 0 bridgehead atoms. The highest BCUT2D eigenvalue weighted by Crippen LogP contribution is 2.27. The predicted molar refractivity (Wildman–Crippen MR) is 136 cm³/mol. The van der Waals surface area contributed by atoms with Crippen molar-refractivity contribution in [3.05, 3.63) is 45.6 Å². The summed E-state index contributed by atoms with van der Waals surface area (Å²) < 4.78 is 11.1. The molecule has 3 heterocycles. The summed E-state index contributed by atoms with van der Waals surface area (Å²) in [6.45, 7) is 1.73. The highest BCUT2D eigenvalue weighted by atomic mass is 35.5. The van der Waals surface area contributed by atoms with Crippen molar-refractivity contribution in [1.82, 2.24) is 10.2 Å². The molecule has 2 saturated heterocycles. The summed E-state index contributed by atoms with van der Waals surface area (Å²) >= 11 is 7.08. The number of nitrogens with one attached hydrogen (secondary N) is 1. The van der Waals surface area contributed by atoms with E-state index in [1.807, 2.05) is 0 Å². The zero-order chi connectivity index (χ0) is 25.7. The molecule has 1 atom stereocenters. The maximum Gasteiger partial charge on any atom is 0.414 e. The first-order valence-corrected chi connectivity index (χ1v) is 12.8. The van der Waals surface area contributed by atoms with Gasteiger partial charge in [0, 0.05) is 24.3 Å². The molecule has 4 amide bonds. The second kappa shape index (κ2) is 11.8. The minimum Gasteiger partial charge on any atom is -0.442 e. The van der Waals surface area contributed by atoms with Crippen LogP contribution in [0, 0.1) is 0 Å². The lowest BCUT2D eigenvalue weighted by Crippen LogP contribution is -2.43. The van der Waals surface area contributed by atoms with Crippen LogP contribution in [0.1, 0.15) is 22.5 Å². The molecular weight excluding hydrogens is 508 g/mol. The van der Waals surface area contributed by atoms with Crippen LogP contribution in [0.5, 0.6) is 0 Å². The minimum atomic E-state index is -0.689. The minimum absolute atomic E-state index is 0.0441. The van der Waals surface area contributed by atoms with Crippen LogP contribution >= 0.6 is 22.9 Å². The summed E-state index contributed by atoms with van der Waals surface area (Å²) in [6, 6.07) is 10.2. The largest absolute Gasteiger partial charge is 0.442 e. The molecule has 0 spiro atoms. The van der Waals surface area contributed by atoms with Gasteiger partial charge >= 0.3 is 6.09 Å². The fraction of sp³-hybridized carbons (Fsp3) is 0.417. The molecule has 10 nitrogen and oxygen atoms in total. The third-order valence-electron chi connectivity index (χ3n) is 5.87. The molecule has 1 aromatic heterocycles. The number of imide groups is 1. The summed E-state index contributed by atoms with van der Waals surface area (Å²) in [5.74, 6) is -0.921. The van der Waals surface area contributed by atoms with Crippen molar-refractivity contribution in [2.24, 2.45) is 0 Å². The third-order valence-corrected chi connectivity index (χ3v) is 7.09. The van der Waals surface area contributed by atoms with Gasteiger partial charge in [-0.15, -0.1) is 11.3 Å². The molecule has 4 rings (SSSR count). The van der Waals surface area contributed by atoms with E-state index in [1.165, 1.54) is 4.90 Å². The Balaban J connectivity index is 1.44. The molecule has 192 valence electrons. The van der Waals surface area contributed by atoms with E-state index in [4.69, 9.17) is 21.1 Å². The zero-order valence-corrected chi connectivity index (χ0v) is 21.3. The number of thiophene rings is 1. The predicted octanol–water partition coefficient (Wildman–Crippen LogP) is 2.76. The smallest absolute Gasteiger partial charge is 0.414 e. The Morgan fingerprint density at radius 3 is 2.50 bits per heavy atom. The second-order valence-corrected chi connectivity index (χ2v) is 10.1. The molecule has 2 aromatic rings. The van der Waals surface area contributed by atoms with E-state index in [1.54, 1.807) is 48.3 Å². The summed E-state index contributed by atoms with van der Waals surface area (Å²) in [6.07, 6.45) is -0.508. The van der Waals surface area contributed by atoms with Crippen LogP contribution in [0.4, 0.5) is 16.2 Å². The van der Waals surface area contributed by atoms with Crippen molar-refractivity contribution in [2.45, 2.75) is 18.9 Å². The second-order valence-electron chi connectivity index (χ2n) is 8.35. The van der Waals surface area contributed by atoms with Crippen LogP contribution in [0.2, 0.25) is 4.34 Å². The van der Waals surface area contributed by atoms with E-state index < -0.39 is 18.1 Å². The monoisotopic (exact) mass is 534 g/mol. The molecule has 1 N–H and O–H groups in total. The SMILES string of the molecule is CNCCCC(=O)N(CC1CN(c2ccc(N3CCOCC3=O)cc2)C(=O)O1)C(=O)c1ccc(Cl)s1. The van der Waals surface area contributed by atoms with Crippen molar-refractivity contribution in [1.29, 1.82) is 0 Å². The van der Waals surface area contributed by atoms with Gasteiger partial charge in [0.25, 0.3) is 11.8 Å². The lowest BCUT2D eigenvalue weighted by Gasteiger charge is -2.27. The quantitative estimate of drug-likeness (QED) is 0.493. The van der Waals surface area contributed by atoms with Gasteiger partial charge in [-0.05, 0) is 56.4 Å². The Morgan fingerprint density at radius 1 is 1.14 bits per heavy atom. The maximum atomic E-state index is 13.1. The number of morpholine rings is 1. The van der Waals surface area contributed by atoms with Gasteiger partial charge in [0.15, 0.2) is 0 Å². The number of nitrogens with zero attached hydrogens (tertiary/aromatic N) is 3. The Bertz CT molecular complexity index is 1120. The standard InChI is InChI=1S/C24H27ClN4O6S/c1-26-10-2-3-21(30)29(23(32)19-8-9-20(25)36-19)14-18-13-28(24(33)35-18)17-6-4-16(5-7-17)27-11-12-34-15-22(27)31/h4-9,18,26H,2-3,10-15H2,1H3. The van der Waals surface area contributed by atoms with Crippen LogP contribution in [-0.2, 0) is 19.1 Å². The first-order valence-electron chi connectivity index (χ1n) is 11.6. The summed E-state index contributed by atoms with van der Waals surface area (Å²) in [5.41, 5.74) is 1.31. The summed E-state index contributed by atoms with van der Waals surface area (Å²) in [5, 5.41) is 2.98. The van der Waals surface area contributed by atoms with E-state index >= 15 is 0 Å². The van der Waals surface area contributed by atoms with Gasteiger partial charge in [0.05, 0.1) is 28.9 Å². The van der Waals surface area contributed by atoms with Crippen molar-refractivity contribution >= 4 is 58.1 Å². The number of halogens is 1. The lowest BCUT2D eigenvalue weighted by molar-refractivity contribution is -0.129. The molecule has 2 aliphatic rings. The number of amides is 4. The number of hydrogen-bond acceptors (Lipinski definition) is 8. The summed E-state index contributed by atoms with van der Waals surface area (Å²) in [4.78, 5) is 55.3. The molecular formula is C24H27ClN4O6S. The Hall–Kier alpha value is -2.99. The molecule has 1 unspecified atom stereocenters. The number of ether oxygens (including phenoxy) is 2. The number of anilines is 2. The number of carbonyl (C=O) groups excluding carboxylic acids is 4. The maximum absolute atomic E-state index is 13.1. The van der Waals surface area contributed by atoms with Crippen LogP contribution in [-0.4, -0.2) is 81.3 Å². The van der Waals surface area contributed by atoms with E-state index in [0.717, 1.165) is 21.9 Å². The van der Waals surface area contributed by atoms with E-state index in [-0.39, 0.29) is 37.9 Å². The molecule has 2 aliphatic heterocycles. The molecule has 12 heteroatoms. The molecule has 0 radical (unpaired) electrons. The van der Waals surface area contributed by atoms with E-state index in [2.05, 4.69) is 5.32 Å². The Labute approximate surface area is 217 Å². The molecule has 36 heavy (non-hydrogen) atoms. The van der Waals surface area contributed by atoms with Crippen LogP contribution < -0.4 is 15.1 Å². The van der Waals surface area contributed by atoms with Crippen LogP contribution in [0.25, 0.3) is 0 Å². The van der Waals surface area contributed by atoms with Gasteiger partial charge in [-0.1, -0.05) is 11.6 Å². The average Bonchev–Trinajstić information content (AvgIpc) is 3.48. The fourth-order valence-electron chi connectivity index (χ4n) is 4.05.